The van der Waals surface area contributed by atoms with Crippen LogP contribution in [0.2, 0.25) is 0 Å². The first-order chi connectivity index (χ1) is 11.0. The van der Waals surface area contributed by atoms with Crippen LogP contribution in [0, 0.1) is 0 Å². The van der Waals surface area contributed by atoms with Crippen LogP contribution in [0.5, 0.6) is 0 Å². The van der Waals surface area contributed by atoms with Gasteiger partial charge in [0.15, 0.2) is 0 Å². The minimum atomic E-state index is -0.699. The number of nitrogens with zero attached hydrogens (tertiary/aromatic N) is 1. The Morgan fingerprint density at radius 1 is 1.39 bits per heavy atom. The summed E-state index contributed by atoms with van der Waals surface area (Å²) >= 11 is 1.63. The standard InChI is InChI=1S/C15H19N3O4S/c1-23-11-4-2-10(3-5-11)8-18-12(9-22-15(18)21)14(20)17-7-6-13(16)19/h2-5,12H,6-9H2,1H3,(H2,16,19)(H,17,20)/t12-/m0/s1. The van der Waals surface area contributed by atoms with Crippen LogP contribution in [0.3, 0.4) is 0 Å². The Morgan fingerprint density at radius 2 is 2.09 bits per heavy atom. The first-order valence-corrected chi connectivity index (χ1v) is 8.36. The Hall–Kier alpha value is -2.22. The Morgan fingerprint density at radius 3 is 2.70 bits per heavy atom. The lowest BCUT2D eigenvalue weighted by Crippen LogP contribution is -2.46. The molecule has 2 rings (SSSR count). The smallest absolute Gasteiger partial charge is 0.410 e. The van der Waals surface area contributed by atoms with E-state index in [9.17, 15) is 14.4 Å². The number of hydrogen-bond donors (Lipinski definition) is 2. The predicted molar refractivity (Wildman–Crippen MR) is 85.7 cm³/mol. The zero-order chi connectivity index (χ0) is 16.8. The number of hydrogen-bond acceptors (Lipinski definition) is 5. The highest BCUT2D eigenvalue weighted by molar-refractivity contribution is 7.98. The molecule has 1 aliphatic rings. The van der Waals surface area contributed by atoms with Crippen LogP contribution in [0.25, 0.3) is 0 Å². The molecule has 1 heterocycles. The average molecular weight is 337 g/mol. The molecule has 0 spiro atoms. The molecule has 3 amide bonds. The van der Waals surface area contributed by atoms with E-state index in [-0.39, 0.29) is 25.5 Å². The van der Waals surface area contributed by atoms with Gasteiger partial charge in [-0.05, 0) is 24.0 Å². The molecule has 1 saturated heterocycles. The molecule has 3 N–H and O–H groups in total. The third-order valence-corrected chi connectivity index (χ3v) is 4.20. The number of carbonyl (C=O) groups excluding carboxylic acids is 3. The van der Waals surface area contributed by atoms with Crippen molar-refractivity contribution in [2.75, 3.05) is 19.4 Å². The van der Waals surface area contributed by atoms with Crippen LogP contribution < -0.4 is 11.1 Å². The van der Waals surface area contributed by atoms with Gasteiger partial charge in [-0.15, -0.1) is 11.8 Å². The molecule has 124 valence electrons. The van der Waals surface area contributed by atoms with E-state index >= 15 is 0 Å². The lowest BCUT2D eigenvalue weighted by Gasteiger charge is -2.20. The maximum Gasteiger partial charge on any atom is 0.410 e. The first kappa shape index (κ1) is 17.1. The number of benzene rings is 1. The van der Waals surface area contributed by atoms with Crippen LogP contribution in [0.4, 0.5) is 4.79 Å². The summed E-state index contributed by atoms with van der Waals surface area (Å²) in [5, 5.41) is 2.59. The van der Waals surface area contributed by atoms with Gasteiger partial charge in [0.05, 0.1) is 6.54 Å². The van der Waals surface area contributed by atoms with Crippen LogP contribution in [-0.4, -0.2) is 48.3 Å². The molecule has 8 heteroatoms. The van der Waals surface area contributed by atoms with Gasteiger partial charge >= 0.3 is 6.09 Å². The summed E-state index contributed by atoms with van der Waals surface area (Å²) < 4.78 is 4.97. The molecule has 0 unspecified atom stereocenters. The van der Waals surface area contributed by atoms with Crippen molar-refractivity contribution in [2.24, 2.45) is 5.73 Å². The number of cyclic esters (lactones) is 1. The van der Waals surface area contributed by atoms with E-state index in [0.29, 0.717) is 6.54 Å². The number of primary amides is 1. The normalized spacial score (nSPS) is 17.0. The van der Waals surface area contributed by atoms with Gasteiger partial charge in [-0.2, -0.15) is 0 Å². The van der Waals surface area contributed by atoms with Crippen LogP contribution >= 0.6 is 11.8 Å². The monoisotopic (exact) mass is 337 g/mol. The van der Waals surface area contributed by atoms with Crippen LogP contribution in [0.15, 0.2) is 29.2 Å². The fourth-order valence-electron chi connectivity index (χ4n) is 2.20. The topological polar surface area (TPSA) is 102 Å². The van der Waals surface area contributed by atoms with Gasteiger partial charge in [-0.1, -0.05) is 12.1 Å². The second kappa shape index (κ2) is 7.87. The zero-order valence-corrected chi connectivity index (χ0v) is 13.6. The molecule has 0 aromatic heterocycles. The number of thioether (sulfide) groups is 1. The highest BCUT2D eigenvalue weighted by Gasteiger charge is 2.37. The van der Waals surface area contributed by atoms with Crippen molar-refractivity contribution in [3.63, 3.8) is 0 Å². The fourth-order valence-corrected chi connectivity index (χ4v) is 2.60. The van der Waals surface area contributed by atoms with Gasteiger partial charge in [0.1, 0.15) is 12.6 Å². The molecule has 0 bridgehead atoms. The predicted octanol–water partition coefficient (Wildman–Crippen LogP) is 0.721. The Balaban J connectivity index is 1.98. The van der Waals surface area contributed by atoms with Gasteiger partial charge in [0.2, 0.25) is 11.8 Å². The third-order valence-electron chi connectivity index (χ3n) is 3.46. The largest absolute Gasteiger partial charge is 0.447 e. The van der Waals surface area contributed by atoms with Crippen molar-refractivity contribution in [1.82, 2.24) is 10.2 Å². The van der Waals surface area contributed by atoms with Crippen molar-refractivity contribution in [3.05, 3.63) is 29.8 Å². The van der Waals surface area contributed by atoms with Gasteiger partial charge in [0.25, 0.3) is 0 Å². The minimum absolute atomic E-state index is 0.00410. The van der Waals surface area contributed by atoms with Crippen molar-refractivity contribution in [3.8, 4) is 0 Å². The molecule has 0 radical (unpaired) electrons. The summed E-state index contributed by atoms with van der Waals surface area (Å²) in [7, 11) is 0. The number of ether oxygens (including phenoxy) is 1. The fraction of sp³-hybridized carbons (Fsp3) is 0.400. The van der Waals surface area contributed by atoms with E-state index in [1.54, 1.807) is 11.8 Å². The molecule has 1 atom stereocenters. The molecule has 0 saturated carbocycles. The van der Waals surface area contributed by atoms with Crippen molar-refractivity contribution in [2.45, 2.75) is 23.9 Å². The highest BCUT2D eigenvalue weighted by atomic mass is 32.2. The van der Waals surface area contributed by atoms with E-state index in [1.165, 1.54) is 4.90 Å². The maximum absolute atomic E-state index is 12.1. The molecule has 23 heavy (non-hydrogen) atoms. The molecule has 1 fully saturated rings. The van der Waals surface area contributed by atoms with Gasteiger partial charge in [0, 0.05) is 17.9 Å². The molecule has 1 aliphatic heterocycles. The summed E-state index contributed by atoms with van der Waals surface area (Å²) in [6, 6.07) is 7.06. The minimum Gasteiger partial charge on any atom is -0.447 e. The average Bonchev–Trinajstić information content (AvgIpc) is 2.89. The van der Waals surface area contributed by atoms with Crippen molar-refractivity contribution >= 4 is 29.7 Å². The first-order valence-electron chi connectivity index (χ1n) is 7.13. The number of nitrogens with one attached hydrogen (secondary N) is 1. The van der Waals surface area contributed by atoms with E-state index < -0.39 is 18.0 Å². The Kier molecular flexibility index (Phi) is 5.86. The van der Waals surface area contributed by atoms with E-state index in [0.717, 1.165) is 10.5 Å². The summed E-state index contributed by atoms with van der Waals surface area (Å²) in [4.78, 5) is 37.2. The molecular weight excluding hydrogens is 318 g/mol. The molecule has 7 nitrogen and oxygen atoms in total. The van der Waals surface area contributed by atoms with Gasteiger partial charge < -0.3 is 15.8 Å². The lowest BCUT2D eigenvalue weighted by molar-refractivity contribution is -0.125. The summed E-state index contributed by atoms with van der Waals surface area (Å²) in [6.07, 6.45) is 1.52. The molecule has 1 aromatic rings. The zero-order valence-electron chi connectivity index (χ0n) is 12.8. The van der Waals surface area contributed by atoms with E-state index in [4.69, 9.17) is 10.5 Å². The highest BCUT2D eigenvalue weighted by Crippen LogP contribution is 2.19. The van der Waals surface area contributed by atoms with Crippen molar-refractivity contribution < 1.29 is 19.1 Å². The van der Waals surface area contributed by atoms with Crippen LogP contribution in [0.1, 0.15) is 12.0 Å². The number of amides is 3. The lowest BCUT2D eigenvalue weighted by atomic mass is 10.2. The molecule has 1 aromatic carbocycles. The SMILES string of the molecule is CSc1ccc(CN2C(=O)OC[C@H]2C(=O)NCCC(N)=O)cc1. The maximum atomic E-state index is 12.1. The number of rotatable bonds is 7. The van der Waals surface area contributed by atoms with E-state index in [1.807, 2.05) is 30.5 Å². The molecule has 0 aliphatic carbocycles. The van der Waals surface area contributed by atoms with E-state index in [2.05, 4.69) is 5.32 Å². The second-order valence-corrected chi connectivity index (χ2v) is 5.96. The second-order valence-electron chi connectivity index (χ2n) is 5.08. The van der Waals surface area contributed by atoms with Crippen molar-refractivity contribution in [1.29, 1.82) is 0 Å². The third kappa shape index (κ3) is 4.62. The van der Waals surface area contributed by atoms with Crippen LogP contribution in [-0.2, 0) is 20.9 Å². The Labute approximate surface area is 138 Å². The number of nitrogens with two attached hydrogens (primary N) is 1. The summed E-state index contributed by atoms with van der Waals surface area (Å²) in [5.74, 6) is -0.840. The van der Waals surface area contributed by atoms with Gasteiger partial charge in [-0.3, -0.25) is 14.5 Å². The number of carbonyl (C=O) groups is 3. The quantitative estimate of drug-likeness (QED) is 0.714. The summed E-state index contributed by atoms with van der Waals surface area (Å²) in [5.41, 5.74) is 5.94. The summed E-state index contributed by atoms with van der Waals surface area (Å²) in [6.45, 7) is 0.445. The molecular formula is C15H19N3O4S. The van der Waals surface area contributed by atoms with Gasteiger partial charge in [-0.25, -0.2) is 4.79 Å². The Bertz CT molecular complexity index is 591.